The van der Waals surface area contributed by atoms with Crippen molar-refractivity contribution in [2.24, 2.45) is 5.73 Å². The van der Waals surface area contributed by atoms with Crippen LogP contribution in [0.2, 0.25) is 0 Å². The molecule has 0 saturated heterocycles. The third kappa shape index (κ3) is 6.08. The molecule has 0 aliphatic rings. The summed E-state index contributed by atoms with van der Waals surface area (Å²) in [6.07, 6.45) is 12.1. The summed E-state index contributed by atoms with van der Waals surface area (Å²) >= 11 is 0. The van der Waals surface area contributed by atoms with Crippen LogP contribution in [0.25, 0.3) is 10.9 Å². The average Bonchev–Trinajstić information content (AvgIpc) is 2.94. The number of benzene rings is 1. The number of aromatic nitrogens is 1. The van der Waals surface area contributed by atoms with E-state index in [9.17, 15) is 0 Å². The molecule has 1 aromatic carbocycles. The lowest BCUT2D eigenvalue weighted by molar-refractivity contribution is 0.307. The molecule has 0 fully saturated rings. The van der Waals surface area contributed by atoms with Gasteiger partial charge in [0.2, 0.25) is 0 Å². The molecule has 1 heterocycles. The summed E-state index contributed by atoms with van der Waals surface area (Å²) in [7, 11) is 0. The van der Waals surface area contributed by atoms with E-state index < -0.39 is 0 Å². The highest BCUT2D eigenvalue weighted by Crippen LogP contribution is 2.27. The normalized spacial score (nSPS) is 10.7. The van der Waals surface area contributed by atoms with Crippen molar-refractivity contribution in [3.63, 3.8) is 0 Å². The minimum atomic E-state index is 0. The topological polar surface area (TPSA) is 51.0 Å². The van der Waals surface area contributed by atoms with Gasteiger partial charge in [-0.2, -0.15) is 0 Å². The van der Waals surface area contributed by atoms with Gasteiger partial charge in [-0.15, -0.1) is 12.4 Å². The van der Waals surface area contributed by atoms with Crippen molar-refractivity contribution in [2.75, 3.05) is 13.2 Å². The van der Waals surface area contributed by atoms with Gasteiger partial charge in [-0.1, -0.05) is 57.6 Å². The highest BCUT2D eigenvalue weighted by Gasteiger charge is 2.07. The molecular weight excluding hydrogens is 308 g/mol. The van der Waals surface area contributed by atoms with Crippen LogP contribution in [0.4, 0.5) is 0 Å². The number of halogens is 1. The molecule has 0 atom stereocenters. The molecule has 0 bridgehead atoms. The Kier molecular flexibility index (Phi) is 9.81. The molecule has 0 spiro atoms. The fraction of sp³-hybridized carbons (Fsp3) is 0.579. The van der Waals surface area contributed by atoms with E-state index >= 15 is 0 Å². The number of H-pyrrole nitrogens is 1. The van der Waals surface area contributed by atoms with Crippen LogP contribution < -0.4 is 10.5 Å². The van der Waals surface area contributed by atoms with Crippen molar-refractivity contribution in [3.05, 3.63) is 30.0 Å². The molecule has 23 heavy (non-hydrogen) atoms. The molecule has 2 rings (SSSR count). The van der Waals surface area contributed by atoms with Crippen LogP contribution >= 0.6 is 12.4 Å². The standard InChI is InChI=1S/C19H30N2O.ClH/c1-2-3-4-5-6-7-8-14-22-18-11-9-10-17-16(12-13-20)15-21-19(17)18;/h9-11,15,21H,2-8,12-14,20H2,1H3;1H. The molecule has 0 aliphatic carbocycles. The molecule has 4 heteroatoms. The Balaban J connectivity index is 0.00000264. The maximum Gasteiger partial charge on any atom is 0.143 e. The lowest BCUT2D eigenvalue weighted by Crippen LogP contribution is -2.01. The minimum absolute atomic E-state index is 0. The van der Waals surface area contributed by atoms with E-state index in [0.717, 1.165) is 30.7 Å². The lowest BCUT2D eigenvalue weighted by atomic mass is 10.1. The highest BCUT2D eigenvalue weighted by atomic mass is 35.5. The Morgan fingerprint density at radius 3 is 2.52 bits per heavy atom. The van der Waals surface area contributed by atoms with E-state index in [1.54, 1.807) is 0 Å². The number of nitrogens with two attached hydrogens (primary N) is 1. The summed E-state index contributed by atoms with van der Waals surface area (Å²) in [6, 6.07) is 6.25. The van der Waals surface area contributed by atoms with E-state index in [1.165, 1.54) is 49.5 Å². The summed E-state index contributed by atoms with van der Waals surface area (Å²) in [4.78, 5) is 3.34. The smallest absolute Gasteiger partial charge is 0.143 e. The van der Waals surface area contributed by atoms with Gasteiger partial charge in [0.05, 0.1) is 12.1 Å². The predicted molar refractivity (Wildman–Crippen MR) is 102 cm³/mol. The summed E-state index contributed by atoms with van der Waals surface area (Å²) in [6.45, 7) is 3.74. The number of unbranched alkanes of at least 4 members (excludes halogenated alkanes) is 6. The van der Waals surface area contributed by atoms with Crippen LogP contribution in [0.5, 0.6) is 5.75 Å². The number of ether oxygens (including phenoxy) is 1. The van der Waals surface area contributed by atoms with Gasteiger partial charge < -0.3 is 15.5 Å². The Bertz CT molecular complexity index is 553. The Hall–Kier alpha value is -1.19. The van der Waals surface area contributed by atoms with Crippen molar-refractivity contribution in [2.45, 2.75) is 58.3 Å². The molecule has 0 amide bonds. The fourth-order valence-corrected chi connectivity index (χ4v) is 2.91. The number of fused-ring (bicyclic) bond motifs is 1. The number of hydrogen-bond acceptors (Lipinski definition) is 2. The van der Waals surface area contributed by atoms with Crippen LogP contribution in [0.3, 0.4) is 0 Å². The van der Waals surface area contributed by atoms with Gasteiger partial charge in [0.1, 0.15) is 5.75 Å². The Labute approximate surface area is 146 Å². The quantitative estimate of drug-likeness (QED) is 0.552. The summed E-state index contributed by atoms with van der Waals surface area (Å²) in [5.41, 5.74) is 8.04. The fourth-order valence-electron chi connectivity index (χ4n) is 2.91. The van der Waals surface area contributed by atoms with Crippen molar-refractivity contribution in [3.8, 4) is 5.75 Å². The summed E-state index contributed by atoms with van der Waals surface area (Å²) in [5.74, 6) is 0.965. The number of rotatable bonds is 11. The van der Waals surface area contributed by atoms with Crippen LogP contribution in [-0.2, 0) is 6.42 Å². The second kappa shape index (κ2) is 11.4. The van der Waals surface area contributed by atoms with Crippen LogP contribution in [-0.4, -0.2) is 18.1 Å². The Morgan fingerprint density at radius 1 is 1.04 bits per heavy atom. The van der Waals surface area contributed by atoms with Crippen molar-refractivity contribution >= 4 is 23.3 Å². The average molecular weight is 339 g/mol. The first-order chi connectivity index (χ1) is 10.9. The monoisotopic (exact) mass is 338 g/mol. The van der Waals surface area contributed by atoms with E-state index in [2.05, 4.69) is 30.2 Å². The van der Waals surface area contributed by atoms with Gasteiger partial charge in [-0.25, -0.2) is 0 Å². The van der Waals surface area contributed by atoms with Crippen molar-refractivity contribution in [1.29, 1.82) is 0 Å². The van der Waals surface area contributed by atoms with Crippen LogP contribution in [0.1, 0.15) is 57.4 Å². The van der Waals surface area contributed by atoms with Gasteiger partial charge in [0.25, 0.3) is 0 Å². The number of para-hydroxylation sites is 1. The molecule has 1 aromatic heterocycles. The molecule has 3 N–H and O–H groups in total. The van der Waals surface area contributed by atoms with Crippen LogP contribution in [0.15, 0.2) is 24.4 Å². The maximum atomic E-state index is 5.98. The molecular formula is C19H31ClN2O. The first-order valence-electron chi connectivity index (χ1n) is 8.78. The molecule has 0 saturated carbocycles. The van der Waals surface area contributed by atoms with E-state index in [4.69, 9.17) is 10.5 Å². The van der Waals surface area contributed by atoms with Gasteiger partial charge in [0, 0.05) is 11.6 Å². The lowest BCUT2D eigenvalue weighted by Gasteiger charge is -2.07. The molecule has 2 aromatic rings. The molecule has 0 unspecified atom stereocenters. The number of aromatic amines is 1. The first-order valence-corrected chi connectivity index (χ1v) is 8.78. The zero-order chi connectivity index (χ0) is 15.6. The van der Waals surface area contributed by atoms with Gasteiger partial charge >= 0.3 is 0 Å². The Morgan fingerprint density at radius 2 is 1.78 bits per heavy atom. The second-order valence-corrected chi connectivity index (χ2v) is 6.00. The molecule has 0 radical (unpaired) electrons. The van der Waals surface area contributed by atoms with E-state index in [-0.39, 0.29) is 12.4 Å². The minimum Gasteiger partial charge on any atom is -0.491 e. The van der Waals surface area contributed by atoms with E-state index in [0.29, 0.717) is 6.54 Å². The number of nitrogens with one attached hydrogen (secondary N) is 1. The zero-order valence-corrected chi connectivity index (χ0v) is 15.1. The molecule has 130 valence electrons. The third-order valence-electron chi connectivity index (χ3n) is 4.18. The van der Waals surface area contributed by atoms with Crippen LogP contribution in [0, 0.1) is 0 Å². The second-order valence-electron chi connectivity index (χ2n) is 6.00. The SMILES string of the molecule is CCCCCCCCCOc1cccc2c(CCN)c[nH]c12.Cl. The van der Waals surface area contributed by atoms with Crippen molar-refractivity contribution < 1.29 is 4.74 Å². The molecule has 0 aliphatic heterocycles. The highest BCUT2D eigenvalue weighted by molar-refractivity contribution is 5.88. The van der Waals surface area contributed by atoms with Gasteiger partial charge in [0.15, 0.2) is 0 Å². The molecule has 3 nitrogen and oxygen atoms in total. The van der Waals surface area contributed by atoms with Gasteiger partial charge in [-0.3, -0.25) is 0 Å². The maximum absolute atomic E-state index is 5.98. The van der Waals surface area contributed by atoms with E-state index in [1.807, 2.05) is 6.07 Å². The zero-order valence-electron chi connectivity index (χ0n) is 14.3. The summed E-state index contributed by atoms with van der Waals surface area (Å²) in [5, 5.41) is 1.24. The first kappa shape index (κ1) is 19.9. The van der Waals surface area contributed by atoms with Gasteiger partial charge in [-0.05, 0) is 31.0 Å². The van der Waals surface area contributed by atoms with Crippen molar-refractivity contribution in [1.82, 2.24) is 4.98 Å². The third-order valence-corrected chi connectivity index (χ3v) is 4.18. The largest absolute Gasteiger partial charge is 0.491 e. The predicted octanol–water partition coefficient (Wildman–Crippen LogP) is 5.22. The number of hydrogen-bond donors (Lipinski definition) is 2. The summed E-state index contributed by atoms with van der Waals surface area (Å²) < 4.78 is 5.98.